The summed E-state index contributed by atoms with van der Waals surface area (Å²) >= 11 is 0. The molecular weight excluding hydrogens is 424 g/mol. The summed E-state index contributed by atoms with van der Waals surface area (Å²) in [5.74, 6) is 0.0707. The molecule has 1 aliphatic heterocycles. The van der Waals surface area contributed by atoms with E-state index >= 15 is 0 Å². The molecule has 0 aromatic heterocycles. The van der Waals surface area contributed by atoms with Crippen molar-refractivity contribution in [3.8, 4) is 0 Å². The fraction of sp³-hybridized carbons (Fsp3) is 0.720. The van der Waals surface area contributed by atoms with Crippen LogP contribution in [0.3, 0.4) is 0 Å². The molecule has 2 saturated carbocycles. The lowest BCUT2D eigenvalue weighted by Crippen LogP contribution is -2.49. The molecular formula is C25H38N2O4S. The van der Waals surface area contributed by atoms with Crippen molar-refractivity contribution in [2.75, 3.05) is 13.1 Å². The second-order valence-electron chi connectivity index (χ2n) is 9.90. The van der Waals surface area contributed by atoms with E-state index in [9.17, 15) is 13.2 Å². The quantitative estimate of drug-likeness (QED) is 0.642. The van der Waals surface area contributed by atoms with Gasteiger partial charge in [-0.2, -0.15) is 4.31 Å². The molecule has 0 radical (unpaired) electrons. The smallest absolute Gasteiger partial charge is 0.254 e. The number of carbonyl (C=O) groups excluding carboxylic acids is 1. The molecule has 4 rings (SSSR count). The number of carbonyl (C=O) groups is 1. The number of hydrogen-bond acceptors (Lipinski definition) is 4. The Morgan fingerprint density at radius 3 is 1.78 bits per heavy atom. The van der Waals surface area contributed by atoms with E-state index in [4.69, 9.17) is 4.74 Å². The van der Waals surface area contributed by atoms with Crippen LogP contribution in [0, 0.1) is 0 Å². The number of hydrogen-bond donors (Lipinski definition) is 0. The summed E-state index contributed by atoms with van der Waals surface area (Å²) in [4.78, 5) is 16.1. The van der Waals surface area contributed by atoms with E-state index < -0.39 is 10.0 Å². The highest BCUT2D eigenvalue weighted by Crippen LogP contribution is 2.32. The van der Waals surface area contributed by atoms with Gasteiger partial charge in [-0.05, 0) is 63.8 Å². The fourth-order valence-electron chi connectivity index (χ4n) is 5.74. The van der Waals surface area contributed by atoms with Crippen molar-refractivity contribution in [2.45, 2.75) is 107 Å². The number of amides is 1. The molecule has 3 fully saturated rings. The van der Waals surface area contributed by atoms with Crippen LogP contribution in [0.1, 0.15) is 88.4 Å². The van der Waals surface area contributed by atoms with Crippen molar-refractivity contribution in [3.63, 3.8) is 0 Å². The Morgan fingerprint density at radius 1 is 0.844 bits per heavy atom. The Bertz CT molecular complexity index is 846. The van der Waals surface area contributed by atoms with Crippen molar-refractivity contribution in [2.24, 2.45) is 0 Å². The van der Waals surface area contributed by atoms with Gasteiger partial charge in [0.15, 0.2) is 0 Å². The lowest BCUT2D eigenvalue weighted by Gasteiger charge is -2.42. The summed E-state index contributed by atoms with van der Waals surface area (Å²) in [6.07, 6.45) is 11.4. The highest BCUT2D eigenvalue weighted by molar-refractivity contribution is 7.89. The van der Waals surface area contributed by atoms with E-state index in [-0.39, 0.29) is 23.0 Å². The Labute approximate surface area is 193 Å². The number of rotatable bonds is 5. The van der Waals surface area contributed by atoms with Crippen molar-refractivity contribution in [1.29, 1.82) is 0 Å². The summed E-state index contributed by atoms with van der Waals surface area (Å²) in [6.45, 7) is 4.49. The van der Waals surface area contributed by atoms with Crippen LogP contribution in [0.4, 0.5) is 0 Å². The van der Waals surface area contributed by atoms with E-state index in [2.05, 4.69) is 4.90 Å². The van der Waals surface area contributed by atoms with Gasteiger partial charge in [0.05, 0.1) is 17.1 Å². The molecule has 2 atom stereocenters. The number of ether oxygens (including phenoxy) is 1. The SMILES string of the molecule is CC1CN(S(=O)(=O)c2ccc(C(=O)N(C3CCCCC3)C3CCCCC3)cc2)CC(C)O1. The predicted molar refractivity (Wildman–Crippen MR) is 125 cm³/mol. The third kappa shape index (κ3) is 5.20. The van der Waals surface area contributed by atoms with E-state index in [0.717, 1.165) is 25.7 Å². The van der Waals surface area contributed by atoms with Gasteiger partial charge in [-0.15, -0.1) is 0 Å². The molecule has 1 heterocycles. The molecule has 178 valence electrons. The van der Waals surface area contributed by atoms with Crippen LogP contribution in [-0.4, -0.2) is 60.9 Å². The number of morpholine rings is 1. The molecule has 2 unspecified atom stereocenters. The summed E-state index contributed by atoms with van der Waals surface area (Å²) in [5, 5.41) is 0. The molecule has 0 bridgehead atoms. The standard InChI is InChI=1S/C25H38N2O4S/c1-19-17-26(18-20(2)31-19)32(29,30)24-15-13-21(14-16-24)25(28)27(22-9-5-3-6-10-22)23-11-7-4-8-12-23/h13-16,19-20,22-23H,3-12,17-18H2,1-2H3. The van der Waals surface area contributed by atoms with Gasteiger partial charge < -0.3 is 9.64 Å². The molecule has 1 aromatic carbocycles. The van der Waals surface area contributed by atoms with Gasteiger partial charge in [-0.3, -0.25) is 4.79 Å². The molecule has 7 heteroatoms. The highest BCUT2D eigenvalue weighted by atomic mass is 32.2. The van der Waals surface area contributed by atoms with Crippen LogP contribution in [0.5, 0.6) is 0 Å². The first kappa shape index (κ1) is 23.7. The Hall–Kier alpha value is -1.44. The van der Waals surface area contributed by atoms with E-state index in [1.54, 1.807) is 24.3 Å². The molecule has 0 spiro atoms. The Balaban J connectivity index is 1.54. The topological polar surface area (TPSA) is 66.9 Å². The average Bonchev–Trinajstić information content (AvgIpc) is 2.80. The zero-order valence-electron chi connectivity index (χ0n) is 19.5. The van der Waals surface area contributed by atoms with Crippen molar-refractivity contribution in [3.05, 3.63) is 29.8 Å². The molecule has 0 N–H and O–H groups in total. The second kappa shape index (κ2) is 10.2. The Kier molecular flexibility index (Phi) is 7.58. The molecule has 1 saturated heterocycles. The molecule has 3 aliphatic rings. The number of sulfonamides is 1. The molecule has 1 amide bonds. The lowest BCUT2D eigenvalue weighted by molar-refractivity contribution is -0.0440. The molecule has 6 nitrogen and oxygen atoms in total. The average molecular weight is 463 g/mol. The maximum Gasteiger partial charge on any atom is 0.254 e. The van der Waals surface area contributed by atoms with Gasteiger partial charge in [-0.25, -0.2) is 8.42 Å². The zero-order valence-corrected chi connectivity index (χ0v) is 20.4. The first-order valence-corrected chi connectivity index (χ1v) is 13.9. The third-order valence-electron chi connectivity index (χ3n) is 7.30. The fourth-order valence-corrected chi connectivity index (χ4v) is 7.33. The van der Waals surface area contributed by atoms with Crippen molar-refractivity contribution < 1.29 is 17.9 Å². The minimum absolute atomic E-state index is 0.0707. The van der Waals surface area contributed by atoms with Crippen LogP contribution in [0.25, 0.3) is 0 Å². The van der Waals surface area contributed by atoms with Crippen LogP contribution >= 0.6 is 0 Å². The van der Waals surface area contributed by atoms with E-state index in [0.29, 0.717) is 30.7 Å². The number of benzene rings is 1. The van der Waals surface area contributed by atoms with Gasteiger partial charge >= 0.3 is 0 Å². The van der Waals surface area contributed by atoms with Gasteiger partial charge in [0.2, 0.25) is 10.0 Å². The van der Waals surface area contributed by atoms with E-state index in [1.807, 2.05) is 13.8 Å². The summed E-state index contributed by atoms with van der Waals surface area (Å²) < 4.78 is 33.5. The third-order valence-corrected chi connectivity index (χ3v) is 9.14. The zero-order chi connectivity index (χ0) is 22.7. The van der Waals surface area contributed by atoms with Crippen molar-refractivity contribution >= 4 is 15.9 Å². The van der Waals surface area contributed by atoms with E-state index in [1.165, 1.54) is 42.8 Å². The van der Waals surface area contributed by atoms with Crippen LogP contribution in [-0.2, 0) is 14.8 Å². The summed E-state index contributed by atoms with van der Waals surface area (Å²) in [6, 6.07) is 7.27. The first-order chi connectivity index (χ1) is 15.4. The molecule has 2 aliphatic carbocycles. The number of nitrogens with zero attached hydrogens (tertiary/aromatic N) is 2. The van der Waals surface area contributed by atoms with Crippen LogP contribution < -0.4 is 0 Å². The van der Waals surface area contributed by atoms with Gasteiger partial charge in [0.1, 0.15) is 0 Å². The lowest BCUT2D eigenvalue weighted by atomic mass is 9.88. The summed E-state index contributed by atoms with van der Waals surface area (Å²) in [7, 11) is -3.60. The first-order valence-electron chi connectivity index (χ1n) is 12.4. The predicted octanol–water partition coefficient (Wildman–Crippen LogP) is 4.59. The molecule has 32 heavy (non-hydrogen) atoms. The monoisotopic (exact) mass is 462 g/mol. The maximum atomic E-state index is 13.6. The highest BCUT2D eigenvalue weighted by Gasteiger charge is 2.34. The summed E-state index contributed by atoms with van der Waals surface area (Å²) in [5.41, 5.74) is 0.601. The van der Waals surface area contributed by atoms with Crippen LogP contribution in [0.15, 0.2) is 29.2 Å². The maximum absolute atomic E-state index is 13.6. The minimum atomic E-state index is -3.60. The Morgan fingerprint density at radius 2 is 1.31 bits per heavy atom. The van der Waals surface area contributed by atoms with Crippen LogP contribution in [0.2, 0.25) is 0 Å². The second-order valence-corrected chi connectivity index (χ2v) is 11.8. The molecule has 1 aromatic rings. The van der Waals surface area contributed by atoms with Gasteiger partial charge in [-0.1, -0.05) is 38.5 Å². The van der Waals surface area contributed by atoms with Crippen molar-refractivity contribution in [1.82, 2.24) is 9.21 Å². The minimum Gasteiger partial charge on any atom is -0.373 e. The van der Waals surface area contributed by atoms with Gasteiger partial charge in [0, 0.05) is 30.7 Å². The normalized spacial score (nSPS) is 26.7. The van der Waals surface area contributed by atoms with Gasteiger partial charge in [0.25, 0.3) is 5.91 Å². The largest absolute Gasteiger partial charge is 0.373 e.